The van der Waals surface area contributed by atoms with Crippen molar-refractivity contribution in [3.8, 4) is 38.8 Å². The summed E-state index contributed by atoms with van der Waals surface area (Å²) in [5, 5.41) is 12.1. The van der Waals surface area contributed by atoms with Crippen LogP contribution in [0.3, 0.4) is 0 Å². The predicted molar refractivity (Wildman–Crippen MR) is 134 cm³/mol. The first-order valence-corrected chi connectivity index (χ1v) is 12.3. The minimum atomic E-state index is -0.757. The Morgan fingerprint density at radius 2 is 1.72 bits per heavy atom. The summed E-state index contributed by atoms with van der Waals surface area (Å²) in [6.45, 7) is 0.199. The molecule has 36 heavy (non-hydrogen) atoms. The third kappa shape index (κ3) is 4.26. The van der Waals surface area contributed by atoms with Crippen LogP contribution in [0.15, 0.2) is 66.2 Å². The molecule has 2 atom stereocenters. The summed E-state index contributed by atoms with van der Waals surface area (Å²) in [5.74, 6) is -1.45. The van der Waals surface area contributed by atoms with Crippen LogP contribution in [0.25, 0.3) is 43.9 Å². The number of benzene rings is 3. The van der Waals surface area contributed by atoms with Crippen LogP contribution in [0.1, 0.15) is 6.42 Å². The summed E-state index contributed by atoms with van der Waals surface area (Å²) in [4.78, 5) is 11.4. The molecule has 0 bridgehead atoms. The zero-order valence-electron chi connectivity index (χ0n) is 18.9. The second-order valence-corrected chi connectivity index (χ2v) is 9.49. The smallest absolute Gasteiger partial charge is 0.295 e. The number of aromatic nitrogens is 3. The third-order valence-corrected chi connectivity index (χ3v) is 7.07. The fourth-order valence-electron chi connectivity index (χ4n) is 4.42. The number of H-pyrrole nitrogens is 1. The molecule has 9 heteroatoms. The monoisotopic (exact) mass is 505 g/mol. The summed E-state index contributed by atoms with van der Waals surface area (Å²) in [6.07, 6.45) is 1.66. The number of rotatable bonds is 6. The van der Waals surface area contributed by atoms with E-state index >= 15 is 4.39 Å². The van der Waals surface area contributed by atoms with Crippen LogP contribution in [0, 0.1) is 11.6 Å². The number of aliphatic hydroxyl groups excluding tert-OH is 1. The standard InChI is InChI=1S/C27H21F2N3O3S/c28-21-12-22-25(32-27(31-22)35-20-11-19(13-33)34-14-20)24(29)23(21)17-5-1-15(2-6-17)16-3-7-18(8-4-16)26-30-9-10-36-26/h1-10,12,19-20,33H,11,13-14H2,(H,31,32)/t19-,20?/m0/s1. The minimum Gasteiger partial charge on any atom is -0.459 e. The van der Waals surface area contributed by atoms with Crippen LogP contribution >= 0.6 is 11.3 Å². The van der Waals surface area contributed by atoms with Crippen molar-refractivity contribution in [3.63, 3.8) is 0 Å². The van der Waals surface area contributed by atoms with E-state index in [1.54, 1.807) is 29.7 Å². The van der Waals surface area contributed by atoms with E-state index in [-0.39, 0.29) is 41.4 Å². The quantitative estimate of drug-likeness (QED) is 0.304. The van der Waals surface area contributed by atoms with Gasteiger partial charge in [-0.05, 0) is 16.7 Å². The van der Waals surface area contributed by atoms with Crippen LogP contribution in [0.2, 0.25) is 0 Å². The Morgan fingerprint density at radius 3 is 2.36 bits per heavy atom. The molecule has 0 radical (unpaired) electrons. The number of imidazole rings is 1. The van der Waals surface area contributed by atoms with Gasteiger partial charge < -0.3 is 19.6 Å². The normalized spacial score (nSPS) is 17.6. The van der Waals surface area contributed by atoms with Crippen molar-refractivity contribution in [2.45, 2.75) is 18.6 Å². The van der Waals surface area contributed by atoms with Gasteiger partial charge in [0.25, 0.3) is 6.01 Å². The lowest BCUT2D eigenvalue weighted by Gasteiger charge is -2.08. The Hall–Kier alpha value is -3.66. The van der Waals surface area contributed by atoms with Gasteiger partial charge in [-0.1, -0.05) is 48.5 Å². The summed E-state index contributed by atoms with van der Waals surface area (Å²) in [5.41, 5.74) is 3.44. The van der Waals surface area contributed by atoms with E-state index in [1.807, 2.05) is 41.8 Å². The Bertz CT molecular complexity index is 1500. The maximum Gasteiger partial charge on any atom is 0.295 e. The van der Waals surface area contributed by atoms with Gasteiger partial charge in [0.05, 0.1) is 30.4 Å². The van der Waals surface area contributed by atoms with Gasteiger partial charge in [-0.3, -0.25) is 0 Å². The molecule has 1 fully saturated rings. The average Bonchev–Trinajstić information content (AvgIpc) is 3.66. The molecule has 0 aliphatic carbocycles. The lowest BCUT2D eigenvalue weighted by Crippen LogP contribution is -2.17. The van der Waals surface area contributed by atoms with Gasteiger partial charge in [-0.2, -0.15) is 4.98 Å². The van der Waals surface area contributed by atoms with Crippen molar-refractivity contribution in [1.29, 1.82) is 0 Å². The highest BCUT2D eigenvalue weighted by Crippen LogP contribution is 2.34. The number of aliphatic hydroxyl groups is 1. The van der Waals surface area contributed by atoms with Gasteiger partial charge >= 0.3 is 0 Å². The summed E-state index contributed by atoms with van der Waals surface area (Å²) in [7, 11) is 0. The molecule has 6 rings (SSSR count). The van der Waals surface area contributed by atoms with Gasteiger partial charge in [0.15, 0.2) is 5.82 Å². The Labute approximate surface area is 209 Å². The highest BCUT2D eigenvalue weighted by molar-refractivity contribution is 7.13. The third-order valence-electron chi connectivity index (χ3n) is 6.24. The zero-order valence-corrected chi connectivity index (χ0v) is 19.8. The van der Waals surface area contributed by atoms with Crippen LogP contribution in [0.5, 0.6) is 6.01 Å². The molecule has 0 saturated carbocycles. The Morgan fingerprint density at radius 1 is 1.03 bits per heavy atom. The van der Waals surface area contributed by atoms with Crippen molar-refractivity contribution in [3.05, 3.63) is 77.8 Å². The average molecular weight is 506 g/mol. The first kappa shape index (κ1) is 22.8. The number of aromatic amines is 1. The summed E-state index contributed by atoms with van der Waals surface area (Å²) < 4.78 is 41.5. The maximum atomic E-state index is 15.4. The molecule has 182 valence electrons. The second-order valence-electron chi connectivity index (χ2n) is 8.59. The van der Waals surface area contributed by atoms with Crippen molar-refractivity contribution in [1.82, 2.24) is 15.0 Å². The maximum absolute atomic E-state index is 15.4. The summed E-state index contributed by atoms with van der Waals surface area (Å²) >= 11 is 1.58. The molecule has 2 aromatic heterocycles. The van der Waals surface area contributed by atoms with Crippen LogP contribution in [-0.2, 0) is 4.74 Å². The number of thiazole rings is 1. The number of hydrogen-bond acceptors (Lipinski definition) is 6. The molecule has 1 unspecified atom stereocenters. The highest BCUT2D eigenvalue weighted by atomic mass is 32.1. The van der Waals surface area contributed by atoms with E-state index in [9.17, 15) is 9.50 Å². The molecule has 5 aromatic rings. The Balaban J connectivity index is 1.26. The predicted octanol–water partition coefficient (Wildman–Crippen LogP) is 5.83. The summed E-state index contributed by atoms with van der Waals surface area (Å²) in [6, 6.07) is 16.4. The zero-order chi connectivity index (χ0) is 24.6. The largest absolute Gasteiger partial charge is 0.459 e. The highest BCUT2D eigenvalue weighted by Gasteiger charge is 2.28. The number of halogens is 2. The van der Waals surface area contributed by atoms with Crippen molar-refractivity contribution in [2.75, 3.05) is 13.2 Å². The topological polar surface area (TPSA) is 80.3 Å². The number of nitrogens with zero attached hydrogens (tertiary/aromatic N) is 2. The number of nitrogens with one attached hydrogen (secondary N) is 1. The number of ether oxygens (including phenoxy) is 2. The van der Waals surface area contributed by atoms with Gasteiger partial charge in [-0.15, -0.1) is 11.3 Å². The van der Waals surface area contributed by atoms with Crippen molar-refractivity contribution in [2.24, 2.45) is 0 Å². The minimum absolute atomic E-state index is 0.000811. The number of hydrogen-bond donors (Lipinski definition) is 2. The van der Waals surface area contributed by atoms with E-state index in [1.165, 1.54) is 6.07 Å². The van der Waals surface area contributed by atoms with E-state index in [2.05, 4.69) is 15.0 Å². The molecular formula is C27H21F2N3O3S. The lowest BCUT2D eigenvalue weighted by atomic mass is 9.98. The van der Waals surface area contributed by atoms with Crippen molar-refractivity contribution < 1.29 is 23.4 Å². The fraction of sp³-hybridized carbons (Fsp3) is 0.185. The molecule has 3 heterocycles. The molecule has 3 aromatic carbocycles. The van der Waals surface area contributed by atoms with E-state index < -0.39 is 11.6 Å². The molecular weight excluding hydrogens is 484 g/mol. The first-order valence-electron chi connectivity index (χ1n) is 11.5. The lowest BCUT2D eigenvalue weighted by molar-refractivity contribution is 0.0528. The van der Waals surface area contributed by atoms with E-state index in [4.69, 9.17) is 9.47 Å². The molecule has 0 amide bonds. The molecule has 0 spiro atoms. The molecule has 6 nitrogen and oxygen atoms in total. The second kappa shape index (κ2) is 9.42. The molecule has 1 saturated heterocycles. The van der Waals surface area contributed by atoms with Crippen LogP contribution < -0.4 is 4.74 Å². The molecule has 1 aliphatic rings. The van der Waals surface area contributed by atoms with E-state index in [0.29, 0.717) is 18.6 Å². The van der Waals surface area contributed by atoms with Crippen molar-refractivity contribution >= 4 is 22.4 Å². The fourth-order valence-corrected chi connectivity index (χ4v) is 5.06. The van der Waals surface area contributed by atoms with Gasteiger partial charge in [0, 0.05) is 29.6 Å². The van der Waals surface area contributed by atoms with Crippen LogP contribution in [0.4, 0.5) is 8.78 Å². The Kier molecular flexibility index (Phi) is 5.96. The van der Waals surface area contributed by atoms with E-state index in [0.717, 1.165) is 21.7 Å². The van der Waals surface area contributed by atoms with Gasteiger partial charge in [0.2, 0.25) is 0 Å². The van der Waals surface area contributed by atoms with Gasteiger partial charge in [0.1, 0.15) is 22.4 Å². The van der Waals surface area contributed by atoms with Gasteiger partial charge in [-0.25, -0.2) is 13.8 Å². The SMILES string of the molecule is OC[C@@H]1CC(Oc2nc3c(F)c(-c4ccc(-c5ccc(-c6nccs6)cc5)cc4)c(F)cc3[nH]2)CO1. The number of fused-ring (bicyclic) bond motifs is 1. The first-order chi connectivity index (χ1) is 17.6. The molecule has 2 N–H and O–H groups in total. The van der Waals surface area contributed by atoms with Crippen LogP contribution in [-0.4, -0.2) is 45.5 Å². The molecule has 1 aliphatic heterocycles.